The number of rotatable bonds is 5. The first-order chi connectivity index (χ1) is 13.2. The fourth-order valence-corrected chi connectivity index (χ4v) is 4.23. The van der Waals surface area contributed by atoms with Gasteiger partial charge in [0.15, 0.2) is 0 Å². The molecule has 27 heavy (non-hydrogen) atoms. The zero-order valence-electron chi connectivity index (χ0n) is 15.7. The van der Waals surface area contributed by atoms with Gasteiger partial charge in [0.05, 0.1) is 6.04 Å². The third-order valence-electron chi connectivity index (χ3n) is 5.74. The zero-order valence-corrected chi connectivity index (χ0v) is 15.7. The van der Waals surface area contributed by atoms with Crippen LogP contribution in [0.25, 0.3) is 0 Å². The molecule has 0 saturated heterocycles. The standard InChI is InChI=1S/C25H25NO/c1-26(24-17-16-21-14-8-9-15-22(21)24)25(27)18-23(19-10-4-2-5-11-19)20-12-6-3-7-13-20/h2-15,23-24H,16-18H2,1H3/t24-/m1/s1. The molecule has 0 aromatic heterocycles. The van der Waals surface area contributed by atoms with Gasteiger partial charge in [-0.25, -0.2) is 0 Å². The molecule has 3 aromatic carbocycles. The molecule has 0 radical (unpaired) electrons. The summed E-state index contributed by atoms with van der Waals surface area (Å²) >= 11 is 0. The summed E-state index contributed by atoms with van der Waals surface area (Å²) in [5.74, 6) is 0.286. The van der Waals surface area contributed by atoms with Gasteiger partial charge in [0, 0.05) is 19.4 Å². The van der Waals surface area contributed by atoms with Gasteiger partial charge in [-0.15, -0.1) is 0 Å². The Balaban J connectivity index is 1.57. The quantitative estimate of drug-likeness (QED) is 0.604. The minimum atomic E-state index is 0.0824. The summed E-state index contributed by atoms with van der Waals surface area (Å²) in [6.45, 7) is 0. The molecule has 0 spiro atoms. The number of fused-ring (bicyclic) bond motifs is 1. The lowest BCUT2D eigenvalue weighted by atomic mass is 9.88. The van der Waals surface area contributed by atoms with E-state index in [4.69, 9.17) is 0 Å². The molecule has 0 fully saturated rings. The lowest BCUT2D eigenvalue weighted by molar-refractivity contribution is -0.132. The maximum Gasteiger partial charge on any atom is 0.223 e. The molecule has 0 heterocycles. The molecule has 1 aliphatic rings. The minimum Gasteiger partial charge on any atom is -0.339 e. The molecule has 1 amide bonds. The van der Waals surface area contributed by atoms with Crippen molar-refractivity contribution in [3.63, 3.8) is 0 Å². The van der Waals surface area contributed by atoms with Crippen LogP contribution in [0.4, 0.5) is 0 Å². The minimum absolute atomic E-state index is 0.0824. The van der Waals surface area contributed by atoms with Gasteiger partial charge in [-0.1, -0.05) is 84.9 Å². The molecule has 3 aromatic rings. The van der Waals surface area contributed by atoms with Gasteiger partial charge < -0.3 is 4.90 Å². The summed E-state index contributed by atoms with van der Waals surface area (Å²) < 4.78 is 0. The molecule has 4 rings (SSSR count). The largest absolute Gasteiger partial charge is 0.339 e. The van der Waals surface area contributed by atoms with E-state index in [0.29, 0.717) is 6.42 Å². The molecule has 1 atom stereocenters. The summed E-state index contributed by atoms with van der Waals surface area (Å²) in [5.41, 5.74) is 5.07. The summed E-state index contributed by atoms with van der Waals surface area (Å²) in [5, 5.41) is 0. The van der Waals surface area contributed by atoms with Gasteiger partial charge in [-0.2, -0.15) is 0 Å². The Morgan fingerprint density at radius 2 is 1.44 bits per heavy atom. The van der Waals surface area contributed by atoms with Crippen LogP contribution in [0.5, 0.6) is 0 Å². The van der Waals surface area contributed by atoms with Crippen molar-refractivity contribution in [2.45, 2.75) is 31.2 Å². The fourth-order valence-electron chi connectivity index (χ4n) is 4.23. The molecule has 2 nitrogen and oxygen atoms in total. The first-order valence-electron chi connectivity index (χ1n) is 9.67. The smallest absolute Gasteiger partial charge is 0.223 e. The van der Waals surface area contributed by atoms with Crippen LogP contribution in [0.3, 0.4) is 0 Å². The normalized spacial score (nSPS) is 15.6. The van der Waals surface area contributed by atoms with E-state index in [1.54, 1.807) is 0 Å². The predicted molar refractivity (Wildman–Crippen MR) is 110 cm³/mol. The van der Waals surface area contributed by atoms with Crippen molar-refractivity contribution in [3.05, 3.63) is 107 Å². The van der Waals surface area contributed by atoms with E-state index in [1.165, 1.54) is 22.3 Å². The number of amides is 1. The first-order valence-corrected chi connectivity index (χ1v) is 9.67. The Morgan fingerprint density at radius 1 is 0.889 bits per heavy atom. The van der Waals surface area contributed by atoms with Crippen molar-refractivity contribution < 1.29 is 4.79 Å². The molecule has 0 unspecified atom stereocenters. The molecule has 136 valence electrons. The summed E-state index contributed by atoms with van der Waals surface area (Å²) in [6.07, 6.45) is 2.56. The van der Waals surface area contributed by atoms with Crippen molar-refractivity contribution in [1.82, 2.24) is 4.90 Å². The van der Waals surface area contributed by atoms with Crippen molar-refractivity contribution >= 4 is 5.91 Å². The summed E-state index contributed by atoms with van der Waals surface area (Å²) in [4.78, 5) is 15.2. The molecule has 0 saturated carbocycles. The third-order valence-corrected chi connectivity index (χ3v) is 5.74. The number of nitrogens with zero attached hydrogens (tertiary/aromatic N) is 1. The highest BCUT2D eigenvalue weighted by molar-refractivity contribution is 5.78. The number of carbonyl (C=O) groups excluding carboxylic acids is 1. The van der Waals surface area contributed by atoms with Crippen LogP contribution in [0.15, 0.2) is 84.9 Å². The second-order valence-electron chi connectivity index (χ2n) is 7.34. The number of carbonyl (C=O) groups is 1. The number of aryl methyl sites for hydroxylation is 1. The van der Waals surface area contributed by atoms with Gasteiger partial charge in [0.1, 0.15) is 0 Å². The van der Waals surface area contributed by atoms with Gasteiger partial charge in [0.2, 0.25) is 5.91 Å². The lowest BCUT2D eigenvalue weighted by Crippen LogP contribution is -2.31. The molecule has 0 aliphatic heterocycles. The fraction of sp³-hybridized carbons (Fsp3) is 0.240. The first kappa shape index (κ1) is 17.5. The molecular formula is C25H25NO. The second kappa shape index (κ2) is 7.79. The van der Waals surface area contributed by atoms with Crippen LogP contribution in [0, 0.1) is 0 Å². The van der Waals surface area contributed by atoms with Gasteiger partial charge in [-0.05, 0) is 35.1 Å². The number of hydrogen-bond donors (Lipinski definition) is 0. The predicted octanol–water partition coefficient (Wildman–Crippen LogP) is 5.35. The Kier molecular flexibility index (Phi) is 5.06. The molecule has 0 N–H and O–H groups in total. The van der Waals surface area contributed by atoms with Gasteiger partial charge in [0.25, 0.3) is 0 Å². The van der Waals surface area contributed by atoms with E-state index in [2.05, 4.69) is 48.5 Å². The van der Waals surface area contributed by atoms with E-state index in [-0.39, 0.29) is 17.9 Å². The monoisotopic (exact) mass is 355 g/mol. The van der Waals surface area contributed by atoms with Crippen LogP contribution < -0.4 is 0 Å². The van der Waals surface area contributed by atoms with Crippen LogP contribution >= 0.6 is 0 Å². The maximum atomic E-state index is 13.2. The van der Waals surface area contributed by atoms with E-state index in [0.717, 1.165) is 12.8 Å². The molecular weight excluding hydrogens is 330 g/mol. The summed E-state index contributed by atoms with van der Waals surface area (Å²) in [6, 6.07) is 29.4. The SMILES string of the molecule is CN(C(=O)CC(c1ccccc1)c1ccccc1)[C@@H]1CCc2ccccc21. The van der Waals surface area contributed by atoms with Crippen molar-refractivity contribution in [3.8, 4) is 0 Å². The van der Waals surface area contributed by atoms with E-state index in [1.807, 2.05) is 48.3 Å². The number of hydrogen-bond acceptors (Lipinski definition) is 1. The summed E-state index contributed by atoms with van der Waals surface area (Å²) in [7, 11) is 1.96. The average molecular weight is 355 g/mol. The highest BCUT2D eigenvalue weighted by atomic mass is 16.2. The third kappa shape index (κ3) is 3.66. The van der Waals surface area contributed by atoms with E-state index >= 15 is 0 Å². The number of benzene rings is 3. The Bertz CT molecular complexity index is 864. The Labute approximate surface area is 161 Å². The molecule has 1 aliphatic carbocycles. The van der Waals surface area contributed by atoms with Crippen LogP contribution in [0.1, 0.15) is 47.1 Å². The molecule has 2 heteroatoms. The second-order valence-corrected chi connectivity index (χ2v) is 7.34. The van der Waals surface area contributed by atoms with Gasteiger partial charge in [-0.3, -0.25) is 4.79 Å². The van der Waals surface area contributed by atoms with Gasteiger partial charge >= 0.3 is 0 Å². The van der Waals surface area contributed by atoms with E-state index in [9.17, 15) is 4.79 Å². The highest BCUT2D eigenvalue weighted by Crippen LogP contribution is 2.36. The zero-order chi connectivity index (χ0) is 18.6. The highest BCUT2D eigenvalue weighted by Gasteiger charge is 2.29. The Morgan fingerprint density at radius 3 is 2.07 bits per heavy atom. The van der Waals surface area contributed by atoms with E-state index < -0.39 is 0 Å². The maximum absolute atomic E-state index is 13.2. The topological polar surface area (TPSA) is 20.3 Å². The van der Waals surface area contributed by atoms with Crippen molar-refractivity contribution in [2.75, 3.05) is 7.05 Å². The molecule has 0 bridgehead atoms. The average Bonchev–Trinajstić information content (AvgIpc) is 3.16. The van der Waals surface area contributed by atoms with Crippen LogP contribution in [-0.4, -0.2) is 17.9 Å². The lowest BCUT2D eigenvalue weighted by Gasteiger charge is -2.28. The van der Waals surface area contributed by atoms with Crippen molar-refractivity contribution in [1.29, 1.82) is 0 Å². The van der Waals surface area contributed by atoms with Crippen molar-refractivity contribution in [2.24, 2.45) is 0 Å². The Hall–Kier alpha value is -2.87. The van der Waals surface area contributed by atoms with Crippen LogP contribution in [0.2, 0.25) is 0 Å². The van der Waals surface area contributed by atoms with Crippen LogP contribution in [-0.2, 0) is 11.2 Å².